The number of carbonyl (C=O) groups is 1. The van der Waals surface area contributed by atoms with Crippen molar-refractivity contribution in [3.05, 3.63) is 66.2 Å². The standard InChI is InChI=1S/C19H17N5O2/c1-26-14-6-8-15-13(12-14)5-7-16(21-15)19(25)20-10-9-18-23-22-17-4-2-3-11-24(17)18/h2-8,11-12H,9-10H2,1H3,(H,20,25). The number of methoxy groups -OCH3 is 1. The molecule has 0 aliphatic heterocycles. The number of hydrogen-bond acceptors (Lipinski definition) is 5. The number of carbonyl (C=O) groups excluding carboxylic acids is 1. The van der Waals surface area contributed by atoms with Gasteiger partial charge < -0.3 is 10.1 Å². The van der Waals surface area contributed by atoms with Crippen LogP contribution >= 0.6 is 0 Å². The highest BCUT2D eigenvalue weighted by Gasteiger charge is 2.10. The summed E-state index contributed by atoms with van der Waals surface area (Å²) in [6.07, 6.45) is 2.49. The SMILES string of the molecule is COc1ccc2nc(C(=O)NCCc3nnc4ccccn34)ccc2c1. The number of fused-ring (bicyclic) bond motifs is 2. The molecule has 1 aromatic carbocycles. The summed E-state index contributed by atoms with van der Waals surface area (Å²) in [6.45, 7) is 0.455. The molecule has 0 bridgehead atoms. The number of nitrogens with zero attached hydrogens (tertiary/aromatic N) is 4. The number of hydrogen-bond donors (Lipinski definition) is 1. The van der Waals surface area contributed by atoms with Crippen LogP contribution in [0.15, 0.2) is 54.7 Å². The molecule has 4 aromatic rings. The number of nitrogens with one attached hydrogen (secondary N) is 1. The zero-order valence-corrected chi connectivity index (χ0v) is 14.2. The van der Waals surface area contributed by atoms with Gasteiger partial charge in [0.05, 0.1) is 12.6 Å². The van der Waals surface area contributed by atoms with Crippen LogP contribution < -0.4 is 10.1 Å². The zero-order chi connectivity index (χ0) is 17.9. The van der Waals surface area contributed by atoms with Gasteiger partial charge in [0.25, 0.3) is 5.91 Å². The Kier molecular flexibility index (Phi) is 4.18. The molecule has 0 unspecified atom stereocenters. The van der Waals surface area contributed by atoms with Crippen molar-refractivity contribution in [2.75, 3.05) is 13.7 Å². The molecule has 26 heavy (non-hydrogen) atoms. The van der Waals surface area contributed by atoms with Gasteiger partial charge in [0.2, 0.25) is 0 Å². The van der Waals surface area contributed by atoms with Crippen LogP contribution in [0.5, 0.6) is 5.75 Å². The van der Waals surface area contributed by atoms with Crippen LogP contribution in [0, 0.1) is 0 Å². The van der Waals surface area contributed by atoms with Crippen LogP contribution in [-0.2, 0) is 6.42 Å². The van der Waals surface area contributed by atoms with E-state index in [0.29, 0.717) is 18.7 Å². The average molecular weight is 347 g/mol. The molecule has 0 spiro atoms. The van der Waals surface area contributed by atoms with Gasteiger partial charge in [-0.2, -0.15) is 0 Å². The minimum Gasteiger partial charge on any atom is -0.497 e. The fraction of sp³-hybridized carbons (Fsp3) is 0.158. The van der Waals surface area contributed by atoms with E-state index in [4.69, 9.17) is 4.74 Å². The first kappa shape index (κ1) is 16.0. The normalized spacial score (nSPS) is 11.0. The molecule has 7 nitrogen and oxygen atoms in total. The van der Waals surface area contributed by atoms with Crippen LogP contribution in [0.25, 0.3) is 16.6 Å². The minimum absolute atomic E-state index is 0.212. The topological polar surface area (TPSA) is 81.4 Å². The lowest BCUT2D eigenvalue weighted by Gasteiger charge is -2.06. The van der Waals surface area contributed by atoms with E-state index in [2.05, 4.69) is 20.5 Å². The van der Waals surface area contributed by atoms with Gasteiger partial charge >= 0.3 is 0 Å². The summed E-state index contributed by atoms with van der Waals surface area (Å²) >= 11 is 0. The van der Waals surface area contributed by atoms with Gasteiger partial charge in [-0.25, -0.2) is 4.98 Å². The van der Waals surface area contributed by atoms with Gasteiger partial charge in [0, 0.05) is 24.5 Å². The second kappa shape index (κ2) is 6.79. The van der Waals surface area contributed by atoms with E-state index < -0.39 is 0 Å². The molecule has 4 rings (SSSR count). The van der Waals surface area contributed by atoms with Crippen LogP contribution in [0.4, 0.5) is 0 Å². The highest BCUT2D eigenvalue weighted by atomic mass is 16.5. The lowest BCUT2D eigenvalue weighted by atomic mass is 10.2. The summed E-state index contributed by atoms with van der Waals surface area (Å²) in [5.74, 6) is 1.35. The molecule has 0 saturated heterocycles. The maximum atomic E-state index is 12.4. The molecule has 130 valence electrons. The molecule has 0 aliphatic carbocycles. The van der Waals surface area contributed by atoms with Gasteiger partial charge in [-0.15, -0.1) is 10.2 Å². The molecule has 0 atom stereocenters. The number of aromatic nitrogens is 4. The molecule has 0 radical (unpaired) electrons. The molecule has 3 heterocycles. The van der Waals surface area contributed by atoms with E-state index in [1.54, 1.807) is 13.2 Å². The largest absolute Gasteiger partial charge is 0.497 e. The second-order valence-electron chi connectivity index (χ2n) is 5.81. The number of amides is 1. The first-order valence-electron chi connectivity index (χ1n) is 8.26. The summed E-state index contributed by atoms with van der Waals surface area (Å²) in [6, 6.07) is 14.9. The highest BCUT2D eigenvalue weighted by molar-refractivity contribution is 5.95. The van der Waals surface area contributed by atoms with Crippen LogP contribution in [0.1, 0.15) is 16.3 Å². The summed E-state index contributed by atoms with van der Waals surface area (Å²) in [7, 11) is 1.62. The number of benzene rings is 1. The van der Waals surface area contributed by atoms with Crippen molar-refractivity contribution in [1.82, 2.24) is 24.9 Å². The quantitative estimate of drug-likeness (QED) is 0.599. The van der Waals surface area contributed by atoms with E-state index in [1.807, 2.05) is 53.1 Å². The predicted molar refractivity (Wildman–Crippen MR) is 97.3 cm³/mol. The Hall–Kier alpha value is -3.48. The molecular weight excluding hydrogens is 330 g/mol. The van der Waals surface area contributed by atoms with Gasteiger partial charge in [-0.05, 0) is 36.4 Å². The molecule has 7 heteroatoms. The molecule has 0 saturated carbocycles. The minimum atomic E-state index is -0.212. The van der Waals surface area contributed by atoms with Crippen molar-refractivity contribution < 1.29 is 9.53 Å². The van der Waals surface area contributed by atoms with E-state index in [1.165, 1.54) is 0 Å². The predicted octanol–water partition coefficient (Wildman–Crippen LogP) is 2.26. The van der Waals surface area contributed by atoms with Gasteiger partial charge in [0.1, 0.15) is 17.3 Å². The molecular formula is C19H17N5O2. The first-order valence-corrected chi connectivity index (χ1v) is 8.26. The molecule has 0 aliphatic rings. The summed E-state index contributed by atoms with van der Waals surface area (Å²) in [5.41, 5.74) is 1.93. The van der Waals surface area contributed by atoms with Crippen molar-refractivity contribution in [3.8, 4) is 5.75 Å². The Labute approximate surface area is 149 Å². The van der Waals surface area contributed by atoms with Crippen LogP contribution in [-0.4, -0.2) is 39.1 Å². The van der Waals surface area contributed by atoms with E-state index in [0.717, 1.165) is 28.1 Å². The lowest BCUT2D eigenvalue weighted by Crippen LogP contribution is -2.27. The van der Waals surface area contributed by atoms with Crippen LogP contribution in [0.2, 0.25) is 0 Å². The monoisotopic (exact) mass is 347 g/mol. The summed E-state index contributed by atoms with van der Waals surface area (Å²) in [4.78, 5) is 16.8. The maximum Gasteiger partial charge on any atom is 0.269 e. The van der Waals surface area contributed by atoms with Gasteiger partial charge in [0.15, 0.2) is 5.65 Å². The number of pyridine rings is 2. The lowest BCUT2D eigenvalue weighted by molar-refractivity contribution is 0.0949. The Morgan fingerprint density at radius 3 is 2.96 bits per heavy atom. The van der Waals surface area contributed by atoms with Crippen molar-refractivity contribution in [1.29, 1.82) is 0 Å². The summed E-state index contributed by atoms with van der Waals surface area (Å²) < 4.78 is 7.11. The summed E-state index contributed by atoms with van der Waals surface area (Å²) in [5, 5.41) is 12.1. The Bertz CT molecular complexity index is 1090. The fourth-order valence-corrected chi connectivity index (χ4v) is 2.80. The Morgan fingerprint density at radius 1 is 1.15 bits per heavy atom. The zero-order valence-electron chi connectivity index (χ0n) is 14.2. The third-order valence-electron chi connectivity index (χ3n) is 4.15. The van der Waals surface area contributed by atoms with Gasteiger partial charge in [-0.1, -0.05) is 12.1 Å². The number of rotatable bonds is 5. The molecule has 1 N–H and O–H groups in total. The van der Waals surface area contributed by atoms with E-state index in [9.17, 15) is 4.79 Å². The Morgan fingerprint density at radius 2 is 2.08 bits per heavy atom. The molecule has 0 fully saturated rings. The molecule has 3 aromatic heterocycles. The third kappa shape index (κ3) is 3.06. The van der Waals surface area contributed by atoms with E-state index >= 15 is 0 Å². The smallest absolute Gasteiger partial charge is 0.269 e. The van der Waals surface area contributed by atoms with E-state index in [-0.39, 0.29) is 5.91 Å². The third-order valence-corrected chi connectivity index (χ3v) is 4.15. The first-order chi connectivity index (χ1) is 12.7. The maximum absolute atomic E-state index is 12.4. The fourth-order valence-electron chi connectivity index (χ4n) is 2.80. The van der Waals surface area contributed by atoms with Gasteiger partial charge in [-0.3, -0.25) is 9.20 Å². The second-order valence-corrected chi connectivity index (χ2v) is 5.81. The van der Waals surface area contributed by atoms with Crippen molar-refractivity contribution in [3.63, 3.8) is 0 Å². The number of ether oxygens (including phenoxy) is 1. The Balaban J connectivity index is 1.44. The van der Waals surface area contributed by atoms with Crippen molar-refractivity contribution >= 4 is 22.5 Å². The average Bonchev–Trinajstić information content (AvgIpc) is 3.10. The van der Waals surface area contributed by atoms with Crippen LogP contribution in [0.3, 0.4) is 0 Å². The van der Waals surface area contributed by atoms with Crippen molar-refractivity contribution in [2.24, 2.45) is 0 Å². The highest BCUT2D eigenvalue weighted by Crippen LogP contribution is 2.19. The molecule has 1 amide bonds. The van der Waals surface area contributed by atoms with Crippen molar-refractivity contribution in [2.45, 2.75) is 6.42 Å².